The first-order valence-electron chi connectivity index (χ1n) is 13.6. The van der Waals surface area contributed by atoms with E-state index in [4.69, 9.17) is 4.84 Å². The standard InChI is InChI=1S/C33H35N3O5S/c1-24-9-20-30(21-10-24)42(39,40)35-31(33(38)36(2)3)23-26-13-18-28(19-14-26)27-16-11-25(12-17-27)15-22-32(37)34-41-29-7-5-4-6-8-29/h4-14,16-21,31,35H,15,22-23H2,1-3H3,(H,34,37)/t31-/m0/s1. The predicted molar refractivity (Wildman–Crippen MR) is 163 cm³/mol. The Morgan fingerprint density at radius 3 is 1.93 bits per heavy atom. The van der Waals surface area contributed by atoms with Crippen LogP contribution in [0.15, 0.2) is 108 Å². The molecule has 2 N–H and O–H groups in total. The number of nitrogens with one attached hydrogen (secondary N) is 2. The Bertz CT molecular complexity index is 1590. The minimum absolute atomic E-state index is 0.115. The molecule has 0 aliphatic rings. The predicted octanol–water partition coefficient (Wildman–Crippen LogP) is 4.68. The third kappa shape index (κ3) is 8.52. The summed E-state index contributed by atoms with van der Waals surface area (Å²) in [4.78, 5) is 31.8. The Balaban J connectivity index is 1.36. The first-order chi connectivity index (χ1) is 20.1. The van der Waals surface area contributed by atoms with E-state index < -0.39 is 16.1 Å². The minimum Gasteiger partial charge on any atom is -0.380 e. The molecule has 4 aromatic rings. The van der Waals surface area contributed by atoms with Crippen LogP contribution in [-0.4, -0.2) is 45.3 Å². The highest BCUT2D eigenvalue weighted by atomic mass is 32.2. The van der Waals surface area contributed by atoms with Gasteiger partial charge in [-0.1, -0.05) is 84.4 Å². The molecule has 0 aromatic heterocycles. The van der Waals surface area contributed by atoms with Crippen molar-refractivity contribution in [3.05, 3.63) is 120 Å². The van der Waals surface area contributed by atoms with Crippen LogP contribution >= 0.6 is 0 Å². The molecule has 0 aliphatic carbocycles. The summed E-state index contributed by atoms with van der Waals surface area (Å²) in [6, 6.07) is 30.3. The molecule has 2 amide bonds. The number of sulfonamides is 1. The Morgan fingerprint density at radius 1 is 0.786 bits per heavy atom. The second-order valence-electron chi connectivity index (χ2n) is 10.3. The molecule has 0 heterocycles. The molecule has 42 heavy (non-hydrogen) atoms. The summed E-state index contributed by atoms with van der Waals surface area (Å²) < 4.78 is 28.6. The van der Waals surface area contributed by atoms with Crippen molar-refractivity contribution in [3.63, 3.8) is 0 Å². The zero-order valence-electron chi connectivity index (χ0n) is 23.9. The molecule has 1 atom stereocenters. The van der Waals surface area contributed by atoms with Crippen molar-refractivity contribution in [2.45, 2.75) is 37.1 Å². The van der Waals surface area contributed by atoms with Crippen molar-refractivity contribution in [1.82, 2.24) is 15.1 Å². The molecule has 0 spiro atoms. The minimum atomic E-state index is -3.89. The number of carbonyl (C=O) groups excluding carboxylic acids is 2. The van der Waals surface area contributed by atoms with Gasteiger partial charge in [0.15, 0.2) is 5.75 Å². The highest BCUT2D eigenvalue weighted by Gasteiger charge is 2.27. The number of nitrogens with zero attached hydrogens (tertiary/aromatic N) is 1. The van der Waals surface area contributed by atoms with Crippen LogP contribution in [0.1, 0.15) is 23.1 Å². The first-order valence-corrected chi connectivity index (χ1v) is 15.1. The van der Waals surface area contributed by atoms with Gasteiger partial charge in [-0.05, 0) is 66.3 Å². The molecule has 9 heteroatoms. The highest BCUT2D eigenvalue weighted by Crippen LogP contribution is 2.22. The molecular formula is C33H35N3O5S. The molecule has 218 valence electrons. The van der Waals surface area contributed by atoms with Crippen LogP contribution in [0.2, 0.25) is 0 Å². The van der Waals surface area contributed by atoms with E-state index in [9.17, 15) is 18.0 Å². The van der Waals surface area contributed by atoms with E-state index in [0.29, 0.717) is 18.6 Å². The lowest BCUT2D eigenvalue weighted by Crippen LogP contribution is -2.47. The maximum absolute atomic E-state index is 13.0. The third-order valence-corrected chi connectivity index (χ3v) is 8.20. The van der Waals surface area contributed by atoms with Crippen LogP contribution in [0.5, 0.6) is 5.75 Å². The van der Waals surface area contributed by atoms with Gasteiger partial charge in [-0.25, -0.2) is 8.42 Å². The average Bonchev–Trinajstić information content (AvgIpc) is 2.99. The molecule has 0 fully saturated rings. The average molecular weight is 586 g/mol. The quantitative estimate of drug-likeness (QED) is 0.235. The molecule has 0 saturated heterocycles. The van der Waals surface area contributed by atoms with Crippen molar-refractivity contribution in [3.8, 4) is 16.9 Å². The van der Waals surface area contributed by atoms with E-state index in [2.05, 4.69) is 10.2 Å². The van der Waals surface area contributed by atoms with Gasteiger partial charge in [0.05, 0.1) is 4.90 Å². The highest BCUT2D eigenvalue weighted by molar-refractivity contribution is 7.89. The van der Waals surface area contributed by atoms with Gasteiger partial charge >= 0.3 is 0 Å². The van der Waals surface area contributed by atoms with Gasteiger partial charge in [0.25, 0.3) is 5.91 Å². The maximum Gasteiger partial charge on any atom is 0.252 e. The lowest BCUT2D eigenvalue weighted by atomic mass is 9.99. The topological polar surface area (TPSA) is 105 Å². The lowest BCUT2D eigenvalue weighted by molar-refractivity contribution is -0.130. The fourth-order valence-electron chi connectivity index (χ4n) is 4.31. The van der Waals surface area contributed by atoms with Crippen LogP contribution in [0, 0.1) is 6.92 Å². The molecule has 4 aromatic carbocycles. The zero-order chi connectivity index (χ0) is 30.1. The number of aryl methyl sites for hydroxylation is 2. The van der Waals surface area contributed by atoms with Crippen molar-refractivity contribution in [2.75, 3.05) is 14.1 Å². The van der Waals surface area contributed by atoms with E-state index in [0.717, 1.165) is 27.8 Å². The number of benzene rings is 4. The smallest absolute Gasteiger partial charge is 0.252 e. The lowest BCUT2D eigenvalue weighted by Gasteiger charge is -2.22. The van der Waals surface area contributed by atoms with Crippen molar-refractivity contribution in [1.29, 1.82) is 0 Å². The molecule has 0 saturated carbocycles. The summed E-state index contributed by atoms with van der Waals surface area (Å²) in [5, 5.41) is 0. The van der Waals surface area contributed by atoms with Gasteiger partial charge in [0, 0.05) is 20.5 Å². The number of hydrogen-bond acceptors (Lipinski definition) is 5. The van der Waals surface area contributed by atoms with Gasteiger partial charge in [0.2, 0.25) is 15.9 Å². The van der Waals surface area contributed by atoms with E-state index in [1.54, 1.807) is 38.4 Å². The zero-order valence-corrected chi connectivity index (χ0v) is 24.7. The SMILES string of the molecule is Cc1ccc(S(=O)(=O)N[C@@H](Cc2ccc(-c3ccc(CCC(=O)NOc4ccccc4)cc3)cc2)C(=O)N(C)C)cc1. The van der Waals surface area contributed by atoms with Gasteiger partial charge in [-0.2, -0.15) is 10.2 Å². The van der Waals surface area contributed by atoms with Crippen LogP contribution < -0.4 is 15.0 Å². The largest absolute Gasteiger partial charge is 0.380 e. The van der Waals surface area contributed by atoms with Crippen LogP contribution in [0.25, 0.3) is 11.1 Å². The van der Waals surface area contributed by atoms with Crippen molar-refractivity contribution < 1.29 is 22.8 Å². The van der Waals surface area contributed by atoms with E-state index in [1.807, 2.05) is 73.7 Å². The third-order valence-electron chi connectivity index (χ3n) is 6.72. The van der Waals surface area contributed by atoms with E-state index in [-0.39, 0.29) is 23.1 Å². The van der Waals surface area contributed by atoms with Gasteiger partial charge < -0.3 is 9.74 Å². The Morgan fingerprint density at radius 2 is 1.36 bits per heavy atom. The summed E-state index contributed by atoms with van der Waals surface area (Å²) in [5.74, 6) is 0.0426. The molecule has 4 rings (SSSR count). The van der Waals surface area contributed by atoms with Crippen molar-refractivity contribution >= 4 is 21.8 Å². The number of hydroxylamine groups is 1. The molecule has 0 bridgehead atoms. The van der Waals surface area contributed by atoms with Crippen LogP contribution in [-0.2, 0) is 32.5 Å². The summed E-state index contributed by atoms with van der Waals surface area (Å²) in [6.07, 6.45) is 1.07. The van der Waals surface area contributed by atoms with Gasteiger partial charge in [0.1, 0.15) is 6.04 Å². The second-order valence-corrected chi connectivity index (χ2v) is 12.0. The summed E-state index contributed by atoms with van der Waals surface area (Å²) in [7, 11) is -0.677. The normalized spacial score (nSPS) is 11.9. The summed E-state index contributed by atoms with van der Waals surface area (Å²) in [6.45, 7) is 1.88. The molecular weight excluding hydrogens is 550 g/mol. The Labute approximate surface area is 247 Å². The fourth-order valence-corrected chi connectivity index (χ4v) is 5.50. The number of hydrogen-bond donors (Lipinski definition) is 2. The molecule has 0 unspecified atom stereocenters. The monoisotopic (exact) mass is 585 g/mol. The van der Waals surface area contributed by atoms with Gasteiger partial charge in [-0.15, -0.1) is 0 Å². The number of para-hydroxylation sites is 1. The maximum atomic E-state index is 13.0. The molecule has 0 aliphatic heterocycles. The van der Waals surface area contributed by atoms with Crippen LogP contribution in [0.3, 0.4) is 0 Å². The number of likely N-dealkylation sites (N-methyl/N-ethyl adjacent to an activating group) is 1. The number of amides is 2. The molecule has 8 nitrogen and oxygen atoms in total. The first kappa shape index (κ1) is 30.5. The van der Waals surface area contributed by atoms with E-state index in [1.165, 1.54) is 17.0 Å². The number of rotatable bonds is 12. The Kier molecular flexibility index (Phi) is 10.1. The van der Waals surface area contributed by atoms with E-state index >= 15 is 0 Å². The Hall–Kier alpha value is -4.47. The second kappa shape index (κ2) is 13.9. The fraction of sp³-hybridized carbons (Fsp3) is 0.212. The number of carbonyl (C=O) groups is 2. The summed E-state index contributed by atoms with van der Waals surface area (Å²) in [5.41, 5.74) is 7.24. The van der Waals surface area contributed by atoms with Crippen molar-refractivity contribution in [2.24, 2.45) is 0 Å². The summed E-state index contributed by atoms with van der Waals surface area (Å²) >= 11 is 0. The van der Waals surface area contributed by atoms with Gasteiger partial charge in [-0.3, -0.25) is 9.59 Å². The van der Waals surface area contributed by atoms with Crippen LogP contribution in [0.4, 0.5) is 0 Å². The molecule has 0 radical (unpaired) electrons.